The second-order valence-corrected chi connectivity index (χ2v) is 5.61. The topological polar surface area (TPSA) is 41.6 Å². The van der Waals surface area contributed by atoms with E-state index in [1.54, 1.807) is 7.11 Å². The number of amides is 1. The van der Waals surface area contributed by atoms with E-state index in [0.717, 1.165) is 6.42 Å². The summed E-state index contributed by atoms with van der Waals surface area (Å²) in [6, 6.07) is 0.254. The van der Waals surface area contributed by atoms with Gasteiger partial charge >= 0.3 is 0 Å². The quantitative estimate of drug-likeness (QED) is 0.762. The van der Waals surface area contributed by atoms with Crippen LogP contribution in [0.25, 0.3) is 0 Å². The fraction of sp³-hybridized carbons (Fsp3) is 0.917. The molecule has 1 saturated heterocycles. The predicted molar refractivity (Wildman–Crippen MR) is 61.9 cm³/mol. The first kappa shape index (κ1) is 11.9. The van der Waals surface area contributed by atoms with Gasteiger partial charge in [0.15, 0.2) is 0 Å². The number of carbonyl (C=O) groups excluding carboxylic acids is 1. The van der Waals surface area contributed by atoms with Gasteiger partial charge < -0.3 is 9.64 Å². The average molecular weight is 226 g/mol. The van der Waals surface area contributed by atoms with Crippen LogP contribution >= 0.6 is 0 Å². The van der Waals surface area contributed by atoms with Crippen LogP contribution in [0.4, 0.5) is 0 Å². The van der Waals surface area contributed by atoms with Crippen molar-refractivity contribution in [1.29, 1.82) is 0 Å². The first-order valence-corrected chi connectivity index (χ1v) is 6.00. The van der Waals surface area contributed by atoms with E-state index >= 15 is 0 Å². The fourth-order valence-electron chi connectivity index (χ4n) is 3.09. The maximum Gasteiger partial charge on any atom is 0.240 e. The first-order valence-electron chi connectivity index (χ1n) is 6.00. The number of rotatable bonds is 2. The van der Waals surface area contributed by atoms with Crippen molar-refractivity contribution >= 4 is 5.91 Å². The number of methoxy groups -OCH3 is 1. The highest BCUT2D eigenvalue weighted by molar-refractivity contribution is 5.84. The maximum absolute atomic E-state index is 12.1. The summed E-state index contributed by atoms with van der Waals surface area (Å²) in [5, 5.41) is 3.27. The molecule has 4 atom stereocenters. The highest BCUT2D eigenvalue weighted by Crippen LogP contribution is 2.46. The summed E-state index contributed by atoms with van der Waals surface area (Å²) in [6.07, 6.45) is 1.37. The van der Waals surface area contributed by atoms with Gasteiger partial charge in [-0.2, -0.15) is 0 Å². The van der Waals surface area contributed by atoms with E-state index in [-0.39, 0.29) is 29.6 Å². The van der Waals surface area contributed by atoms with Crippen molar-refractivity contribution in [2.75, 3.05) is 7.11 Å². The lowest BCUT2D eigenvalue weighted by atomic mass is 9.63. The summed E-state index contributed by atoms with van der Waals surface area (Å²) in [5.41, 5.74) is 0.0599. The molecule has 16 heavy (non-hydrogen) atoms. The molecule has 0 aromatic carbocycles. The van der Waals surface area contributed by atoms with Crippen molar-refractivity contribution in [3.8, 4) is 0 Å². The molecular weight excluding hydrogens is 204 g/mol. The molecule has 0 bridgehead atoms. The van der Waals surface area contributed by atoms with Gasteiger partial charge in [-0.15, -0.1) is 0 Å². The van der Waals surface area contributed by atoms with E-state index < -0.39 is 0 Å². The molecule has 0 spiro atoms. The summed E-state index contributed by atoms with van der Waals surface area (Å²) in [5.74, 6) is 0.222. The van der Waals surface area contributed by atoms with E-state index in [1.807, 2.05) is 11.8 Å². The molecular formula is C12H22N2O2. The van der Waals surface area contributed by atoms with Crippen molar-refractivity contribution in [2.45, 2.75) is 58.5 Å². The molecule has 4 unspecified atom stereocenters. The van der Waals surface area contributed by atoms with Crippen LogP contribution in [0.2, 0.25) is 0 Å². The highest BCUT2D eigenvalue weighted by atomic mass is 16.5. The monoisotopic (exact) mass is 226 g/mol. The molecule has 4 heteroatoms. The number of carbonyl (C=O) groups is 1. The Bertz CT molecular complexity index is 303. The van der Waals surface area contributed by atoms with Crippen LogP contribution in [0.5, 0.6) is 0 Å². The van der Waals surface area contributed by atoms with Gasteiger partial charge in [0.05, 0.1) is 18.3 Å². The van der Waals surface area contributed by atoms with Gasteiger partial charge in [-0.3, -0.25) is 10.1 Å². The molecule has 0 aromatic heterocycles. The molecule has 2 fully saturated rings. The Kier molecular flexibility index (Phi) is 2.75. The Balaban J connectivity index is 2.13. The van der Waals surface area contributed by atoms with Crippen LogP contribution in [0, 0.1) is 5.41 Å². The van der Waals surface area contributed by atoms with Gasteiger partial charge in [0.25, 0.3) is 0 Å². The Morgan fingerprint density at radius 3 is 2.44 bits per heavy atom. The molecule has 2 rings (SSSR count). The number of hydrogen-bond donors (Lipinski definition) is 1. The summed E-state index contributed by atoms with van der Waals surface area (Å²) < 4.78 is 5.43. The van der Waals surface area contributed by atoms with E-state index in [9.17, 15) is 4.79 Å². The van der Waals surface area contributed by atoms with Crippen LogP contribution in [-0.4, -0.2) is 42.3 Å². The van der Waals surface area contributed by atoms with Crippen LogP contribution in [0.15, 0.2) is 0 Å². The van der Waals surface area contributed by atoms with Crippen molar-refractivity contribution in [3.05, 3.63) is 0 Å². The Morgan fingerprint density at radius 2 is 2.06 bits per heavy atom. The number of hydrogen-bond acceptors (Lipinski definition) is 3. The van der Waals surface area contributed by atoms with Gasteiger partial charge in [-0.25, -0.2) is 0 Å². The standard InChI is InChI=1S/C12H22N2O2/c1-7-11(15)14(8(2)13-7)9-6-10(16-5)12(9,3)4/h7-10,13H,6H2,1-5H3. The van der Waals surface area contributed by atoms with Gasteiger partial charge in [0, 0.05) is 18.6 Å². The smallest absolute Gasteiger partial charge is 0.240 e. The highest BCUT2D eigenvalue weighted by Gasteiger charge is 2.55. The lowest BCUT2D eigenvalue weighted by molar-refractivity contribution is -0.161. The zero-order valence-electron chi connectivity index (χ0n) is 10.8. The Labute approximate surface area is 97.3 Å². The molecule has 92 valence electrons. The predicted octanol–water partition coefficient (Wildman–Crippen LogP) is 0.966. The van der Waals surface area contributed by atoms with Gasteiger partial charge in [-0.1, -0.05) is 13.8 Å². The minimum atomic E-state index is -0.0487. The van der Waals surface area contributed by atoms with Crippen LogP contribution in [0.3, 0.4) is 0 Å². The summed E-state index contributed by atoms with van der Waals surface area (Å²) >= 11 is 0. The molecule has 1 heterocycles. The molecule has 0 aromatic rings. The molecule has 1 saturated carbocycles. The molecule has 1 aliphatic heterocycles. The largest absolute Gasteiger partial charge is 0.381 e. The van der Waals surface area contributed by atoms with Gasteiger partial charge in [0.2, 0.25) is 5.91 Å². The minimum absolute atomic E-state index is 0.0487. The number of nitrogens with zero attached hydrogens (tertiary/aromatic N) is 1. The van der Waals surface area contributed by atoms with Gasteiger partial charge in [0.1, 0.15) is 0 Å². The van der Waals surface area contributed by atoms with E-state index in [0.29, 0.717) is 6.04 Å². The zero-order valence-corrected chi connectivity index (χ0v) is 10.8. The second-order valence-electron chi connectivity index (χ2n) is 5.61. The summed E-state index contributed by atoms with van der Waals surface area (Å²) in [6.45, 7) is 8.34. The van der Waals surface area contributed by atoms with Crippen molar-refractivity contribution in [2.24, 2.45) is 5.41 Å². The SMILES string of the molecule is COC1CC(N2C(=O)C(C)NC2C)C1(C)C. The van der Waals surface area contributed by atoms with Crippen LogP contribution in [0.1, 0.15) is 34.1 Å². The normalized spacial score (nSPS) is 42.3. The molecule has 2 aliphatic rings. The molecule has 1 N–H and O–H groups in total. The third-order valence-corrected chi connectivity index (χ3v) is 4.28. The summed E-state index contributed by atoms with van der Waals surface area (Å²) in [4.78, 5) is 14.1. The lowest BCUT2D eigenvalue weighted by Crippen LogP contribution is -2.64. The second kappa shape index (κ2) is 3.70. The molecule has 0 radical (unpaired) electrons. The number of ether oxygens (including phenoxy) is 1. The number of nitrogens with one attached hydrogen (secondary N) is 1. The van der Waals surface area contributed by atoms with Crippen molar-refractivity contribution in [3.63, 3.8) is 0 Å². The Hall–Kier alpha value is -0.610. The first-order chi connectivity index (χ1) is 7.39. The molecule has 1 amide bonds. The third kappa shape index (κ3) is 1.47. The van der Waals surface area contributed by atoms with Crippen molar-refractivity contribution < 1.29 is 9.53 Å². The van der Waals surface area contributed by atoms with Gasteiger partial charge in [-0.05, 0) is 20.3 Å². The van der Waals surface area contributed by atoms with E-state index in [1.165, 1.54) is 0 Å². The molecule has 4 nitrogen and oxygen atoms in total. The van der Waals surface area contributed by atoms with Crippen LogP contribution < -0.4 is 5.32 Å². The lowest BCUT2D eigenvalue weighted by Gasteiger charge is -2.55. The summed E-state index contributed by atoms with van der Waals surface area (Å²) in [7, 11) is 1.75. The maximum atomic E-state index is 12.1. The average Bonchev–Trinajstić information content (AvgIpc) is 2.44. The zero-order chi connectivity index (χ0) is 12.1. The van der Waals surface area contributed by atoms with Crippen LogP contribution in [-0.2, 0) is 9.53 Å². The Morgan fingerprint density at radius 1 is 1.44 bits per heavy atom. The fourth-order valence-corrected chi connectivity index (χ4v) is 3.09. The minimum Gasteiger partial charge on any atom is -0.381 e. The third-order valence-electron chi connectivity index (χ3n) is 4.28. The molecule has 1 aliphatic carbocycles. The van der Waals surface area contributed by atoms with E-state index in [2.05, 4.69) is 26.1 Å². The van der Waals surface area contributed by atoms with Crippen molar-refractivity contribution in [1.82, 2.24) is 10.2 Å². The van der Waals surface area contributed by atoms with E-state index in [4.69, 9.17) is 4.74 Å².